The molecule has 1 amide bonds. The molecule has 0 fully saturated rings. The van der Waals surface area contributed by atoms with Crippen molar-refractivity contribution in [3.8, 4) is 5.75 Å². The lowest BCUT2D eigenvalue weighted by Gasteiger charge is -2.22. The van der Waals surface area contributed by atoms with E-state index in [0.29, 0.717) is 57.2 Å². The van der Waals surface area contributed by atoms with E-state index in [-0.39, 0.29) is 5.91 Å². The Balaban J connectivity index is 2.56. The second-order valence-electron chi connectivity index (χ2n) is 5.17. The van der Waals surface area contributed by atoms with Gasteiger partial charge in [-0.1, -0.05) is 6.07 Å². The van der Waals surface area contributed by atoms with Gasteiger partial charge in [0.25, 0.3) is 0 Å². The van der Waals surface area contributed by atoms with Gasteiger partial charge in [0.2, 0.25) is 5.91 Å². The summed E-state index contributed by atoms with van der Waals surface area (Å²) in [6.45, 7) is 4.68. The lowest BCUT2D eigenvalue weighted by atomic mass is 10.1. The van der Waals surface area contributed by atoms with Gasteiger partial charge in [-0.15, -0.1) is 0 Å². The van der Waals surface area contributed by atoms with Crippen LogP contribution in [-0.4, -0.2) is 57.9 Å². The van der Waals surface area contributed by atoms with Gasteiger partial charge in [0.1, 0.15) is 5.75 Å². The van der Waals surface area contributed by atoms with Crippen molar-refractivity contribution in [2.24, 2.45) is 0 Å². The van der Waals surface area contributed by atoms with Crippen molar-refractivity contribution >= 4 is 11.6 Å². The van der Waals surface area contributed by atoms with Crippen LogP contribution >= 0.6 is 0 Å². The molecule has 0 atom stereocenters. The standard InChI is InChI=1S/C17H28N2O4/c1-4-23-16-7-5-14(13-15(16)18)6-8-17(20)19(9-11-21-2)10-12-22-3/h5,7,13H,4,6,8-12,18H2,1-3H3. The van der Waals surface area contributed by atoms with Crippen LogP contribution in [0.1, 0.15) is 18.9 Å². The van der Waals surface area contributed by atoms with E-state index in [0.717, 1.165) is 5.56 Å². The molecule has 0 saturated carbocycles. The Morgan fingerprint density at radius 1 is 1.17 bits per heavy atom. The van der Waals surface area contributed by atoms with Gasteiger partial charge in [0.15, 0.2) is 0 Å². The number of nitrogens with zero attached hydrogens (tertiary/aromatic N) is 1. The molecule has 0 radical (unpaired) electrons. The molecule has 1 rings (SSSR count). The number of nitrogens with two attached hydrogens (primary N) is 1. The quantitative estimate of drug-likeness (QED) is 0.627. The first-order valence-electron chi connectivity index (χ1n) is 7.89. The fourth-order valence-electron chi connectivity index (χ4n) is 2.21. The summed E-state index contributed by atoms with van der Waals surface area (Å²) in [5.41, 5.74) is 7.58. The van der Waals surface area contributed by atoms with E-state index in [2.05, 4.69) is 0 Å². The molecular formula is C17H28N2O4. The molecule has 1 aromatic rings. The van der Waals surface area contributed by atoms with E-state index >= 15 is 0 Å². The van der Waals surface area contributed by atoms with Crippen LogP contribution in [0.15, 0.2) is 18.2 Å². The Hall–Kier alpha value is -1.79. The maximum Gasteiger partial charge on any atom is 0.223 e. The molecule has 0 heterocycles. The van der Waals surface area contributed by atoms with Crippen molar-refractivity contribution in [3.05, 3.63) is 23.8 Å². The molecule has 0 aromatic heterocycles. The largest absolute Gasteiger partial charge is 0.492 e. The fraction of sp³-hybridized carbons (Fsp3) is 0.588. The van der Waals surface area contributed by atoms with Crippen molar-refractivity contribution < 1.29 is 19.0 Å². The van der Waals surface area contributed by atoms with E-state index in [4.69, 9.17) is 19.9 Å². The maximum atomic E-state index is 12.3. The number of nitrogen functional groups attached to an aromatic ring is 1. The summed E-state index contributed by atoms with van der Waals surface area (Å²) < 4.78 is 15.5. The molecule has 0 bridgehead atoms. The summed E-state index contributed by atoms with van der Waals surface area (Å²) in [5.74, 6) is 0.774. The topological polar surface area (TPSA) is 74.0 Å². The number of benzene rings is 1. The van der Waals surface area contributed by atoms with Crippen LogP contribution in [0, 0.1) is 0 Å². The SMILES string of the molecule is CCOc1ccc(CCC(=O)N(CCOC)CCOC)cc1N. The Kier molecular flexibility index (Phi) is 9.09. The number of carbonyl (C=O) groups excluding carboxylic acids is 1. The number of carbonyl (C=O) groups is 1. The van der Waals surface area contributed by atoms with Crippen molar-refractivity contribution in [1.82, 2.24) is 4.90 Å². The van der Waals surface area contributed by atoms with E-state index in [1.165, 1.54) is 0 Å². The van der Waals surface area contributed by atoms with Gasteiger partial charge in [-0.3, -0.25) is 4.79 Å². The molecule has 2 N–H and O–H groups in total. The van der Waals surface area contributed by atoms with Crippen LogP contribution in [-0.2, 0) is 20.7 Å². The lowest BCUT2D eigenvalue weighted by molar-refractivity contribution is -0.132. The molecule has 0 unspecified atom stereocenters. The second-order valence-corrected chi connectivity index (χ2v) is 5.17. The van der Waals surface area contributed by atoms with Gasteiger partial charge < -0.3 is 24.8 Å². The van der Waals surface area contributed by atoms with Crippen LogP contribution in [0.4, 0.5) is 5.69 Å². The highest BCUT2D eigenvalue weighted by Gasteiger charge is 2.13. The third-order valence-corrected chi connectivity index (χ3v) is 3.48. The molecule has 0 aliphatic heterocycles. The third kappa shape index (κ3) is 6.88. The Morgan fingerprint density at radius 3 is 2.35 bits per heavy atom. The van der Waals surface area contributed by atoms with Crippen LogP contribution in [0.3, 0.4) is 0 Å². The highest BCUT2D eigenvalue weighted by Crippen LogP contribution is 2.23. The number of rotatable bonds is 11. The molecule has 23 heavy (non-hydrogen) atoms. The minimum absolute atomic E-state index is 0.0894. The van der Waals surface area contributed by atoms with Crippen LogP contribution < -0.4 is 10.5 Å². The summed E-state index contributed by atoms with van der Waals surface area (Å²) in [5, 5.41) is 0. The second kappa shape index (κ2) is 10.9. The number of hydrogen-bond acceptors (Lipinski definition) is 5. The van der Waals surface area contributed by atoms with Crippen LogP contribution in [0.5, 0.6) is 5.75 Å². The van der Waals surface area contributed by atoms with Crippen molar-refractivity contribution in [1.29, 1.82) is 0 Å². The minimum atomic E-state index is 0.0894. The fourth-order valence-corrected chi connectivity index (χ4v) is 2.21. The van der Waals surface area contributed by atoms with Crippen LogP contribution in [0.2, 0.25) is 0 Å². The number of hydrogen-bond donors (Lipinski definition) is 1. The predicted molar refractivity (Wildman–Crippen MR) is 90.7 cm³/mol. The summed E-state index contributed by atoms with van der Waals surface area (Å²) >= 11 is 0. The average Bonchev–Trinajstić information content (AvgIpc) is 2.55. The number of methoxy groups -OCH3 is 2. The van der Waals surface area contributed by atoms with Crippen molar-refractivity contribution in [2.45, 2.75) is 19.8 Å². The normalized spacial score (nSPS) is 10.6. The highest BCUT2D eigenvalue weighted by molar-refractivity contribution is 5.76. The first-order valence-corrected chi connectivity index (χ1v) is 7.89. The molecule has 0 aliphatic carbocycles. The molecule has 6 heteroatoms. The van der Waals surface area contributed by atoms with E-state index in [1.54, 1.807) is 19.1 Å². The molecule has 0 spiro atoms. The van der Waals surface area contributed by atoms with Gasteiger partial charge in [0.05, 0.1) is 25.5 Å². The number of aryl methyl sites for hydroxylation is 1. The molecule has 0 aliphatic rings. The number of ether oxygens (including phenoxy) is 3. The molecule has 6 nitrogen and oxygen atoms in total. The summed E-state index contributed by atoms with van der Waals surface area (Å²) in [6, 6.07) is 5.67. The minimum Gasteiger partial charge on any atom is -0.492 e. The van der Waals surface area contributed by atoms with Crippen molar-refractivity contribution in [3.63, 3.8) is 0 Å². The zero-order chi connectivity index (χ0) is 17.1. The Morgan fingerprint density at radius 2 is 1.83 bits per heavy atom. The van der Waals surface area contributed by atoms with Crippen molar-refractivity contribution in [2.75, 3.05) is 52.9 Å². The average molecular weight is 324 g/mol. The number of amides is 1. The van der Waals surface area contributed by atoms with Gasteiger partial charge in [-0.05, 0) is 31.0 Å². The zero-order valence-electron chi connectivity index (χ0n) is 14.3. The summed E-state index contributed by atoms with van der Waals surface area (Å²) in [6.07, 6.45) is 1.08. The smallest absolute Gasteiger partial charge is 0.223 e. The first-order chi connectivity index (χ1) is 11.1. The molecule has 0 saturated heterocycles. The van der Waals surface area contributed by atoms with Gasteiger partial charge in [-0.25, -0.2) is 0 Å². The summed E-state index contributed by atoms with van der Waals surface area (Å²) in [7, 11) is 3.25. The predicted octanol–water partition coefficient (Wildman–Crippen LogP) is 1.72. The lowest BCUT2D eigenvalue weighted by Crippen LogP contribution is -2.36. The maximum absolute atomic E-state index is 12.3. The first kappa shape index (κ1) is 19.3. The number of anilines is 1. The molecule has 1 aromatic carbocycles. The van der Waals surface area contributed by atoms with E-state index in [1.807, 2.05) is 25.1 Å². The van der Waals surface area contributed by atoms with Gasteiger partial charge in [-0.2, -0.15) is 0 Å². The molecular weight excluding hydrogens is 296 g/mol. The van der Waals surface area contributed by atoms with E-state index in [9.17, 15) is 4.79 Å². The molecule has 130 valence electrons. The Labute approximate surface area is 138 Å². The van der Waals surface area contributed by atoms with E-state index < -0.39 is 0 Å². The third-order valence-electron chi connectivity index (χ3n) is 3.48. The Bertz CT molecular complexity index is 472. The monoisotopic (exact) mass is 324 g/mol. The highest BCUT2D eigenvalue weighted by atomic mass is 16.5. The van der Waals surface area contributed by atoms with Crippen LogP contribution in [0.25, 0.3) is 0 Å². The van der Waals surface area contributed by atoms with Gasteiger partial charge in [0, 0.05) is 33.7 Å². The van der Waals surface area contributed by atoms with Gasteiger partial charge >= 0.3 is 0 Å². The summed E-state index contributed by atoms with van der Waals surface area (Å²) in [4.78, 5) is 14.1. The zero-order valence-corrected chi connectivity index (χ0v) is 14.3.